The zero-order chi connectivity index (χ0) is 19.1. The summed E-state index contributed by atoms with van der Waals surface area (Å²) in [5.74, 6) is -0.835. The first-order chi connectivity index (χ1) is 12.9. The number of anilines is 1. The highest BCUT2D eigenvalue weighted by Crippen LogP contribution is 2.26. The first-order valence-electron chi connectivity index (χ1n) is 8.44. The van der Waals surface area contributed by atoms with Crippen LogP contribution in [0.5, 0.6) is 0 Å². The molecule has 27 heavy (non-hydrogen) atoms. The van der Waals surface area contributed by atoms with Crippen molar-refractivity contribution < 1.29 is 18.8 Å². The predicted molar refractivity (Wildman–Crippen MR) is 94.8 cm³/mol. The number of rotatable bonds is 1. The van der Waals surface area contributed by atoms with Crippen molar-refractivity contribution in [1.29, 1.82) is 0 Å². The number of nitrogens with zero attached hydrogens (tertiary/aromatic N) is 4. The Morgan fingerprint density at radius 3 is 2.96 bits per heavy atom. The van der Waals surface area contributed by atoms with E-state index >= 15 is 0 Å². The van der Waals surface area contributed by atoms with E-state index < -0.39 is 5.82 Å². The van der Waals surface area contributed by atoms with E-state index in [0.29, 0.717) is 37.5 Å². The Balaban J connectivity index is 1.56. The minimum atomic E-state index is -0.551. The van der Waals surface area contributed by atoms with Crippen LogP contribution in [0, 0.1) is 5.82 Å². The number of nitrogens with one attached hydrogen (secondary N) is 1. The van der Waals surface area contributed by atoms with Gasteiger partial charge >= 0.3 is 6.03 Å². The van der Waals surface area contributed by atoms with Gasteiger partial charge in [-0.15, -0.1) is 0 Å². The third kappa shape index (κ3) is 3.24. The topological polar surface area (TPSA) is 79.7 Å². The van der Waals surface area contributed by atoms with E-state index in [0.717, 1.165) is 11.3 Å². The van der Waals surface area contributed by atoms with Crippen molar-refractivity contribution in [3.8, 4) is 0 Å². The summed E-state index contributed by atoms with van der Waals surface area (Å²) >= 11 is 5.76. The summed E-state index contributed by atoms with van der Waals surface area (Å²) in [7, 11) is 1.56. The van der Waals surface area contributed by atoms with Crippen molar-refractivity contribution in [2.75, 3.05) is 25.5 Å². The quantitative estimate of drug-likeness (QED) is 0.806. The van der Waals surface area contributed by atoms with E-state index in [1.54, 1.807) is 16.6 Å². The maximum absolute atomic E-state index is 13.3. The number of amides is 3. The van der Waals surface area contributed by atoms with E-state index in [1.165, 1.54) is 23.3 Å². The number of hydrogen-bond acceptors (Lipinski definition) is 4. The molecule has 142 valence electrons. The van der Waals surface area contributed by atoms with Crippen LogP contribution in [0.3, 0.4) is 0 Å². The van der Waals surface area contributed by atoms with Crippen molar-refractivity contribution in [2.45, 2.75) is 19.5 Å². The van der Waals surface area contributed by atoms with Gasteiger partial charge in [-0.3, -0.25) is 14.3 Å². The van der Waals surface area contributed by atoms with Gasteiger partial charge in [0.15, 0.2) is 0 Å². The molecule has 0 fully saturated rings. The minimum Gasteiger partial charge on any atom is -0.320 e. The van der Waals surface area contributed by atoms with Gasteiger partial charge in [0.25, 0.3) is 5.91 Å². The Bertz CT molecular complexity index is 932. The fourth-order valence-corrected chi connectivity index (χ4v) is 3.43. The standard InChI is InChI=1S/C17H17ClFN5O3/c1-22-16(25)15-11-9-23(5-4-14(11)21-24(15)6-7-27-22)17(26)20-10-2-3-13(19)12(18)8-10/h2-3,8H,4-7,9H2,1H3,(H,20,26). The summed E-state index contributed by atoms with van der Waals surface area (Å²) in [5.41, 5.74) is 2.40. The fraction of sp³-hybridized carbons (Fsp3) is 0.353. The molecular formula is C17H17ClFN5O3. The average Bonchev–Trinajstić information content (AvgIpc) is 2.94. The summed E-state index contributed by atoms with van der Waals surface area (Å²) < 4.78 is 14.9. The number of hydroxylamine groups is 2. The number of carbonyl (C=O) groups excluding carboxylic acids is 2. The average molecular weight is 394 g/mol. The van der Waals surface area contributed by atoms with Crippen LogP contribution in [0.2, 0.25) is 5.02 Å². The molecule has 4 rings (SSSR count). The molecule has 0 unspecified atom stereocenters. The number of aromatic nitrogens is 2. The third-order valence-corrected chi connectivity index (χ3v) is 4.93. The van der Waals surface area contributed by atoms with Gasteiger partial charge in [0.1, 0.15) is 11.5 Å². The van der Waals surface area contributed by atoms with Gasteiger partial charge in [0, 0.05) is 31.3 Å². The molecule has 1 N–H and O–H groups in total. The smallest absolute Gasteiger partial charge is 0.320 e. The van der Waals surface area contributed by atoms with Crippen LogP contribution >= 0.6 is 11.6 Å². The first-order valence-corrected chi connectivity index (χ1v) is 8.82. The normalized spacial score (nSPS) is 16.6. The molecule has 1 aromatic carbocycles. The Hall–Kier alpha value is -2.65. The monoisotopic (exact) mass is 393 g/mol. The van der Waals surface area contributed by atoms with Gasteiger partial charge in [-0.25, -0.2) is 14.2 Å². The summed E-state index contributed by atoms with van der Waals surface area (Å²) in [5, 5.41) is 8.34. The molecule has 10 heteroatoms. The fourth-order valence-electron chi connectivity index (χ4n) is 3.25. The number of halogens is 2. The molecule has 0 saturated carbocycles. The van der Waals surface area contributed by atoms with E-state index in [-0.39, 0.29) is 23.5 Å². The second-order valence-corrected chi connectivity index (χ2v) is 6.77. The molecule has 0 aliphatic carbocycles. The van der Waals surface area contributed by atoms with Gasteiger partial charge in [-0.05, 0) is 18.2 Å². The molecule has 3 amide bonds. The van der Waals surface area contributed by atoms with E-state index in [2.05, 4.69) is 10.4 Å². The van der Waals surface area contributed by atoms with Gasteiger partial charge < -0.3 is 10.2 Å². The Morgan fingerprint density at radius 1 is 1.37 bits per heavy atom. The summed E-state index contributed by atoms with van der Waals surface area (Å²) in [4.78, 5) is 32.1. The maximum Gasteiger partial charge on any atom is 0.322 e. The van der Waals surface area contributed by atoms with Crippen molar-refractivity contribution >= 4 is 29.2 Å². The second kappa shape index (κ2) is 6.82. The number of hydrogen-bond donors (Lipinski definition) is 1. The first kappa shape index (κ1) is 17.7. The Morgan fingerprint density at radius 2 is 2.19 bits per heavy atom. The number of carbonyl (C=O) groups is 2. The molecule has 1 aromatic heterocycles. The van der Waals surface area contributed by atoms with E-state index in [1.807, 2.05) is 0 Å². The molecule has 2 aromatic rings. The van der Waals surface area contributed by atoms with Crippen LogP contribution in [-0.2, 0) is 24.3 Å². The van der Waals surface area contributed by atoms with Crippen molar-refractivity contribution in [3.63, 3.8) is 0 Å². The Kier molecular flexibility index (Phi) is 4.48. The molecule has 2 aliphatic heterocycles. The molecule has 0 bridgehead atoms. The maximum atomic E-state index is 13.3. The SMILES string of the molecule is CN1OCCn2nc3c(c2C1=O)CN(C(=O)Nc1ccc(F)c(Cl)c1)CC3. The van der Waals surface area contributed by atoms with Crippen LogP contribution in [0.25, 0.3) is 0 Å². The number of urea groups is 1. The summed E-state index contributed by atoms with van der Waals surface area (Å²) in [6.07, 6.45) is 0.546. The van der Waals surface area contributed by atoms with Crippen molar-refractivity contribution in [1.82, 2.24) is 19.7 Å². The van der Waals surface area contributed by atoms with Crippen LogP contribution in [0.15, 0.2) is 18.2 Å². The molecule has 2 aliphatic rings. The van der Waals surface area contributed by atoms with Crippen LogP contribution < -0.4 is 5.32 Å². The molecule has 0 spiro atoms. The van der Waals surface area contributed by atoms with E-state index in [4.69, 9.17) is 16.4 Å². The molecule has 8 nitrogen and oxygen atoms in total. The molecule has 0 saturated heterocycles. The Labute approximate surface area is 159 Å². The lowest BCUT2D eigenvalue weighted by Crippen LogP contribution is -2.39. The van der Waals surface area contributed by atoms with Gasteiger partial charge in [0.05, 0.1) is 30.4 Å². The highest BCUT2D eigenvalue weighted by Gasteiger charge is 2.33. The van der Waals surface area contributed by atoms with E-state index in [9.17, 15) is 14.0 Å². The van der Waals surface area contributed by atoms with Crippen molar-refractivity contribution in [2.24, 2.45) is 0 Å². The molecule has 0 radical (unpaired) electrons. The third-order valence-electron chi connectivity index (χ3n) is 4.64. The predicted octanol–water partition coefficient (Wildman–Crippen LogP) is 2.28. The molecular weight excluding hydrogens is 377 g/mol. The zero-order valence-electron chi connectivity index (χ0n) is 14.5. The lowest BCUT2D eigenvalue weighted by atomic mass is 10.1. The van der Waals surface area contributed by atoms with Crippen LogP contribution in [0.1, 0.15) is 21.7 Å². The van der Waals surface area contributed by atoms with Gasteiger partial charge in [0.2, 0.25) is 0 Å². The van der Waals surface area contributed by atoms with Crippen LogP contribution in [0.4, 0.5) is 14.9 Å². The summed E-state index contributed by atoms with van der Waals surface area (Å²) in [6.45, 7) is 1.54. The largest absolute Gasteiger partial charge is 0.322 e. The van der Waals surface area contributed by atoms with Crippen molar-refractivity contribution in [3.05, 3.63) is 46.0 Å². The highest BCUT2D eigenvalue weighted by atomic mass is 35.5. The lowest BCUT2D eigenvalue weighted by molar-refractivity contribution is -0.103. The number of fused-ring (bicyclic) bond motifs is 3. The highest BCUT2D eigenvalue weighted by molar-refractivity contribution is 6.31. The molecule has 0 atom stereocenters. The summed E-state index contributed by atoms with van der Waals surface area (Å²) in [6, 6.07) is 3.63. The van der Waals surface area contributed by atoms with Crippen LogP contribution in [-0.4, -0.2) is 51.9 Å². The lowest BCUT2D eigenvalue weighted by Gasteiger charge is -2.27. The van der Waals surface area contributed by atoms with Gasteiger partial charge in [-0.2, -0.15) is 5.10 Å². The zero-order valence-corrected chi connectivity index (χ0v) is 15.3. The molecule has 3 heterocycles. The second-order valence-electron chi connectivity index (χ2n) is 6.36. The number of benzene rings is 1. The van der Waals surface area contributed by atoms with Gasteiger partial charge in [-0.1, -0.05) is 11.6 Å². The minimum absolute atomic E-state index is 0.0654.